The molecule has 0 amide bonds. The Kier molecular flexibility index (Phi) is 4.77. The number of hydrogen-bond acceptors (Lipinski definition) is 0. The molecule has 2 aromatic carbocycles. The summed E-state index contributed by atoms with van der Waals surface area (Å²) in [4.78, 5) is 0. The molecule has 0 bridgehead atoms. The molecule has 0 unspecified atom stereocenters. The van der Waals surface area contributed by atoms with E-state index in [9.17, 15) is 0 Å². The third-order valence-corrected chi connectivity index (χ3v) is 8.04. The summed E-state index contributed by atoms with van der Waals surface area (Å²) in [6.07, 6.45) is 14.6. The Balaban J connectivity index is 0.00000218. The van der Waals surface area contributed by atoms with E-state index in [0.717, 1.165) is 12.8 Å². The predicted octanol–water partition coefficient (Wildman–Crippen LogP) is 5.10. The van der Waals surface area contributed by atoms with Crippen LogP contribution in [0.3, 0.4) is 0 Å². The minimum atomic E-state index is 0. The van der Waals surface area contributed by atoms with Gasteiger partial charge in [-0.05, 0) is 46.5 Å². The van der Waals surface area contributed by atoms with E-state index in [4.69, 9.17) is 0 Å². The molecule has 5 rings (SSSR count). The zero-order valence-corrected chi connectivity index (χ0v) is 20.7. The first-order chi connectivity index (χ1) is 13.3. The second kappa shape index (κ2) is 6.46. The number of benzene rings is 1. The third kappa shape index (κ3) is 3.13. The third-order valence-electron chi connectivity index (χ3n) is 8.04. The van der Waals surface area contributed by atoms with Crippen LogP contribution in [0.4, 0.5) is 0 Å². The van der Waals surface area contributed by atoms with E-state index in [-0.39, 0.29) is 40.5 Å². The second-order valence-corrected chi connectivity index (χ2v) is 12.8. The Bertz CT molecular complexity index is 1100. The molecule has 0 saturated heterocycles. The standard InChI is InChI=1S/C29H37.Li/c1-26(2)11-9-18-15-20-23(21(18)16-26)22-17-27(3,4)12-10-19(22)24-25(20)29(7,8)14-13-28(24,5)6;/h9-12,15H,13-14,16-17H2,1-8H3;/q-1;+1. The van der Waals surface area contributed by atoms with E-state index < -0.39 is 0 Å². The van der Waals surface area contributed by atoms with Crippen LogP contribution in [0.25, 0.3) is 22.9 Å². The van der Waals surface area contributed by atoms with Gasteiger partial charge in [-0.25, -0.2) is 0 Å². The molecule has 0 aliphatic heterocycles. The molecule has 0 nitrogen and oxygen atoms in total. The van der Waals surface area contributed by atoms with E-state index in [1.165, 1.54) is 18.4 Å². The van der Waals surface area contributed by atoms with Crippen molar-refractivity contribution in [3.05, 3.63) is 51.6 Å². The van der Waals surface area contributed by atoms with Gasteiger partial charge in [0.15, 0.2) is 0 Å². The van der Waals surface area contributed by atoms with Crippen molar-refractivity contribution in [1.29, 1.82) is 0 Å². The Labute approximate surface area is 195 Å². The van der Waals surface area contributed by atoms with Gasteiger partial charge in [-0.1, -0.05) is 90.7 Å². The maximum absolute atomic E-state index is 2.55. The van der Waals surface area contributed by atoms with Crippen molar-refractivity contribution in [2.45, 2.75) is 91.9 Å². The molecule has 30 heavy (non-hydrogen) atoms. The molecule has 2 aromatic rings. The predicted molar refractivity (Wildman–Crippen MR) is 128 cm³/mol. The van der Waals surface area contributed by atoms with Crippen LogP contribution < -0.4 is 18.9 Å². The topological polar surface area (TPSA) is 0 Å². The quantitative estimate of drug-likeness (QED) is 0.432. The Morgan fingerprint density at radius 1 is 0.700 bits per heavy atom. The first kappa shape index (κ1) is 22.1. The number of rotatable bonds is 0. The monoisotopic (exact) mass is 392 g/mol. The van der Waals surface area contributed by atoms with E-state index in [0.29, 0.717) is 0 Å². The smallest absolute Gasteiger partial charge is 0.129 e. The molecule has 0 heterocycles. The molecular weight excluding hydrogens is 355 g/mol. The summed E-state index contributed by atoms with van der Waals surface area (Å²) in [5, 5.41) is 3.17. The van der Waals surface area contributed by atoms with Crippen LogP contribution in [0.2, 0.25) is 0 Å². The molecule has 0 aromatic heterocycles. The number of fused-ring (bicyclic) bond motifs is 8. The van der Waals surface area contributed by atoms with Gasteiger partial charge in [-0.3, -0.25) is 0 Å². The molecule has 154 valence electrons. The number of hydrogen-bond donors (Lipinski definition) is 0. The molecule has 0 saturated carbocycles. The van der Waals surface area contributed by atoms with Gasteiger partial charge in [0.05, 0.1) is 0 Å². The second-order valence-electron chi connectivity index (χ2n) is 12.8. The largest absolute Gasteiger partial charge is 1.00 e. The zero-order valence-electron chi connectivity index (χ0n) is 20.7. The molecule has 0 spiro atoms. The van der Waals surface area contributed by atoms with Crippen molar-refractivity contribution >= 4 is 22.9 Å². The summed E-state index contributed by atoms with van der Waals surface area (Å²) in [6.45, 7) is 19.5. The Morgan fingerprint density at radius 2 is 1.23 bits per heavy atom. The van der Waals surface area contributed by atoms with E-state index in [2.05, 4.69) is 85.8 Å². The van der Waals surface area contributed by atoms with Crippen LogP contribution in [0, 0.1) is 10.8 Å². The minimum absolute atomic E-state index is 0. The van der Waals surface area contributed by atoms with Crippen LogP contribution in [0.5, 0.6) is 0 Å². The molecule has 0 N–H and O–H groups in total. The summed E-state index contributed by atoms with van der Waals surface area (Å²) in [6, 6.07) is 2.55. The van der Waals surface area contributed by atoms with Crippen molar-refractivity contribution in [1.82, 2.24) is 0 Å². The van der Waals surface area contributed by atoms with Gasteiger partial charge in [0.25, 0.3) is 0 Å². The van der Waals surface area contributed by atoms with Crippen molar-refractivity contribution in [3.63, 3.8) is 0 Å². The summed E-state index contributed by atoms with van der Waals surface area (Å²) in [5.74, 6) is 0. The SMILES string of the molecule is CC1(C)C=Cc2[cH-]c3c4c(c5c(c3c2C1)CC(C)(C)C=C5)C(C)(C)CCC4(C)C.[Li+]. The first-order valence-electron chi connectivity index (χ1n) is 11.5. The fourth-order valence-electron chi connectivity index (χ4n) is 6.36. The van der Waals surface area contributed by atoms with Gasteiger partial charge in [-0.15, -0.1) is 40.1 Å². The minimum Gasteiger partial charge on any atom is -0.129 e. The van der Waals surface area contributed by atoms with Crippen LogP contribution in [0.15, 0.2) is 18.2 Å². The van der Waals surface area contributed by atoms with Gasteiger partial charge < -0.3 is 0 Å². The summed E-state index contributed by atoms with van der Waals surface area (Å²) in [5.41, 5.74) is 10.5. The maximum Gasteiger partial charge on any atom is 1.00 e. The van der Waals surface area contributed by atoms with E-state index >= 15 is 0 Å². The molecular formula is C29H37Li. The maximum atomic E-state index is 2.55. The van der Waals surface area contributed by atoms with Crippen LogP contribution in [-0.4, -0.2) is 0 Å². The van der Waals surface area contributed by atoms with Gasteiger partial charge in [0, 0.05) is 0 Å². The van der Waals surface area contributed by atoms with Crippen LogP contribution in [0.1, 0.15) is 102 Å². The van der Waals surface area contributed by atoms with Gasteiger partial charge in [-0.2, -0.15) is 0 Å². The summed E-state index contributed by atoms with van der Waals surface area (Å²) in [7, 11) is 0. The fourth-order valence-corrected chi connectivity index (χ4v) is 6.36. The number of allylic oxidation sites excluding steroid dienone is 2. The molecule has 0 radical (unpaired) electrons. The van der Waals surface area contributed by atoms with E-state index in [1.54, 1.807) is 38.6 Å². The van der Waals surface area contributed by atoms with Crippen molar-refractivity contribution in [3.8, 4) is 0 Å². The molecule has 3 aliphatic carbocycles. The van der Waals surface area contributed by atoms with Gasteiger partial charge >= 0.3 is 18.9 Å². The van der Waals surface area contributed by atoms with Crippen LogP contribution >= 0.6 is 0 Å². The Morgan fingerprint density at radius 3 is 1.87 bits per heavy atom. The molecule has 3 aliphatic rings. The zero-order chi connectivity index (χ0) is 21.0. The Hall–Kier alpha value is -1.09. The summed E-state index contributed by atoms with van der Waals surface area (Å²) >= 11 is 0. The molecule has 0 atom stereocenters. The van der Waals surface area contributed by atoms with E-state index in [1.807, 2.05) is 0 Å². The van der Waals surface area contributed by atoms with Crippen molar-refractivity contribution < 1.29 is 18.9 Å². The first-order valence-corrected chi connectivity index (χ1v) is 11.5. The molecule has 1 heteroatoms. The van der Waals surface area contributed by atoms with Crippen molar-refractivity contribution in [2.75, 3.05) is 0 Å². The molecule has 0 fully saturated rings. The van der Waals surface area contributed by atoms with Crippen LogP contribution in [-0.2, 0) is 23.7 Å². The fraction of sp³-hybridized carbons (Fsp3) is 0.552. The summed E-state index contributed by atoms with van der Waals surface area (Å²) < 4.78 is 0. The van der Waals surface area contributed by atoms with Gasteiger partial charge in [0.2, 0.25) is 0 Å². The van der Waals surface area contributed by atoms with Gasteiger partial charge in [0.1, 0.15) is 0 Å². The average Bonchev–Trinajstić information content (AvgIpc) is 2.94. The normalized spacial score (nSPS) is 24.0. The average molecular weight is 393 g/mol. The van der Waals surface area contributed by atoms with Crippen molar-refractivity contribution in [2.24, 2.45) is 10.8 Å².